The van der Waals surface area contributed by atoms with Gasteiger partial charge in [-0.2, -0.15) is 0 Å². The van der Waals surface area contributed by atoms with Gasteiger partial charge >= 0.3 is 0 Å². The number of nitrogens with two attached hydrogens (primary N) is 1. The third kappa shape index (κ3) is 2.20. The zero-order chi connectivity index (χ0) is 13.3. The molecular formula is C16H24N2O. The van der Waals surface area contributed by atoms with Gasteiger partial charge in [-0.15, -0.1) is 0 Å². The van der Waals surface area contributed by atoms with Gasteiger partial charge in [-0.1, -0.05) is 12.8 Å². The molecule has 2 fully saturated rings. The molecule has 0 spiro atoms. The van der Waals surface area contributed by atoms with Crippen LogP contribution in [0.4, 0.5) is 5.69 Å². The second-order valence-corrected chi connectivity index (χ2v) is 6.09. The maximum atomic E-state index is 10.3. The van der Waals surface area contributed by atoms with E-state index in [2.05, 4.69) is 11.0 Å². The molecular weight excluding hydrogens is 236 g/mol. The molecule has 104 valence electrons. The topological polar surface area (TPSA) is 49.5 Å². The van der Waals surface area contributed by atoms with Crippen molar-refractivity contribution < 1.29 is 5.11 Å². The smallest absolute Gasteiger partial charge is 0.119 e. The Morgan fingerprint density at radius 3 is 2.42 bits per heavy atom. The van der Waals surface area contributed by atoms with Gasteiger partial charge in [-0.3, -0.25) is 0 Å². The average Bonchev–Trinajstić information content (AvgIpc) is 3.11. The zero-order valence-corrected chi connectivity index (χ0v) is 11.6. The minimum atomic E-state index is 0.0137. The van der Waals surface area contributed by atoms with Crippen LogP contribution in [0, 0.1) is 0 Å². The second-order valence-electron chi connectivity index (χ2n) is 6.09. The van der Waals surface area contributed by atoms with Gasteiger partial charge in [-0.05, 0) is 43.9 Å². The van der Waals surface area contributed by atoms with Gasteiger partial charge in [0.25, 0.3) is 0 Å². The standard InChI is InChI=1S/C16H24N2O/c17-12-16(7-1-2-8-16)14-11-13(5-6-15(14)19)18-9-3-4-10-18/h5-6,11,19H,1-4,7-10,12,17H2. The number of anilines is 1. The van der Waals surface area contributed by atoms with E-state index < -0.39 is 0 Å². The van der Waals surface area contributed by atoms with Crippen molar-refractivity contribution in [1.82, 2.24) is 0 Å². The summed E-state index contributed by atoms with van der Waals surface area (Å²) in [6, 6.07) is 6.10. The second kappa shape index (κ2) is 5.04. The first-order valence-corrected chi connectivity index (χ1v) is 7.54. The molecule has 1 saturated heterocycles. The largest absolute Gasteiger partial charge is 0.508 e. The highest BCUT2D eigenvalue weighted by atomic mass is 16.3. The van der Waals surface area contributed by atoms with E-state index in [1.54, 1.807) is 0 Å². The monoisotopic (exact) mass is 260 g/mol. The van der Waals surface area contributed by atoms with Gasteiger partial charge in [0, 0.05) is 36.3 Å². The van der Waals surface area contributed by atoms with Gasteiger partial charge in [0.1, 0.15) is 5.75 Å². The van der Waals surface area contributed by atoms with Crippen LogP contribution < -0.4 is 10.6 Å². The highest BCUT2D eigenvalue weighted by Gasteiger charge is 2.36. The lowest BCUT2D eigenvalue weighted by molar-refractivity contribution is 0.406. The van der Waals surface area contributed by atoms with Gasteiger partial charge < -0.3 is 15.7 Å². The molecule has 3 heteroatoms. The summed E-state index contributed by atoms with van der Waals surface area (Å²) in [6.07, 6.45) is 7.23. The molecule has 2 aliphatic rings. The van der Waals surface area contributed by atoms with Crippen molar-refractivity contribution in [3.05, 3.63) is 23.8 Å². The molecule has 1 saturated carbocycles. The van der Waals surface area contributed by atoms with E-state index in [-0.39, 0.29) is 5.41 Å². The summed E-state index contributed by atoms with van der Waals surface area (Å²) in [5, 5.41) is 10.3. The molecule has 1 aliphatic heterocycles. The summed E-state index contributed by atoms with van der Waals surface area (Å²) in [5.41, 5.74) is 8.40. The highest BCUT2D eigenvalue weighted by Crippen LogP contribution is 2.45. The molecule has 1 aromatic carbocycles. The fourth-order valence-corrected chi connectivity index (χ4v) is 3.76. The van der Waals surface area contributed by atoms with Gasteiger partial charge in [0.15, 0.2) is 0 Å². The number of aromatic hydroxyl groups is 1. The highest BCUT2D eigenvalue weighted by molar-refractivity contribution is 5.56. The van der Waals surface area contributed by atoms with Crippen molar-refractivity contribution in [2.24, 2.45) is 5.73 Å². The predicted octanol–water partition coefficient (Wildman–Crippen LogP) is 2.76. The maximum absolute atomic E-state index is 10.3. The van der Waals surface area contributed by atoms with Crippen LogP contribution in [-0.4, -0.2) is 24.7 Å². The van der Waals surface area contributed by atoms with Crippen molar-refractivity contribution in [3.63, 3.8) is 0 Å². The maximum Gasteiger partial charge on any atom is 0.119 e. The predicted molar refractivity (Wildman–Crippen MR) is 78.8 cm³/mol. The molecule has 0 aromatic heterocycles. The summed E-state index contributed by atoms with van der Waals surface area (Å²) < 4.78 is 0. The molecule has 19 heavy (non-hydrogen) atoms. The number of hydrogen-bond donors (Lipinski definition) is 2. The Kier molecular flexibility index (Phi) is 3.40. The number of nitrogens with zero attached hydrogens (tertiary/aromatic N) is 1. The molecule has 0 radical (unpaired) electrons. The Balaban J connectivity index is 1.97. The first-order valence-electron chi connectivity index (χ1n) is 7.54. The molecule has 1 aliphatic carbocycles. The molecule has 3 N–H and O–H groups in total. The Hall–Kier alpha value is -1.22. The van der Waals surface area contributed by atoms with Crippen LogP contribution >= 0.6 is 0 Å². The van der Waals surface area contributed by atoms with E-state index in [9.17, 15) is 5.11 Å². The van der Waals surface area contributed by atoms with Gasteiger partial charge in [0.05, 0.1) is 0 Å². The molecule has 0 unspecified atom stereocenters. The summed E-state index contributed by atoms with van der Waals surface area (Å²) in [5.74, 6) is 0.426. The van der Waals surface area contributed by atoms with E-state index >= 15 is 0 Å². The molecule has 3 nitrogen and oxygen atoms in total. The lowest BCUT2D eigenvalue weighted by Gasteiger charge is -2.30. The molecule has 0 amide bonds. The normalized spacial score (nSPS) is 22.1. The zero-order valence-electron chi connectivity index (χ0n) is 11.6. The van der Waals surface area contributed by atoms with Gasteiger partial charge in [-0.25, -0.2) is 0 Å². The first-order chi connectivity index (χ1) is 9.25. The summed E-state index contributed by atoms with van der Waals surface area (Å²) in [7, 11) is 0. The van der Waals surface area contributed by atoms with E-state index in [0.717, 1.165) is 31.5 Å². The van der Waals surface area contributed by atoms with Crippen LogP contribution in [0.3, 0.4) is 0 Å². The van der Waals surface area contributed by atoms with Crippen molar-refractivity contribution >= 4 is 5.69 Å². The quantitative estimate of drug-likeness (QED) is 0.878. The molecule has 3 rings (SSSR count). The summed E-state index contributed by atoms with van der Waals surface area (Å²) in [4.78, 5) is 2.42. The Morgan fingerprint density at radius 1 is 1.11 bits per heavy atom. The average molecular weight is 260 g/mol. The summed E-state index contributed by atoms with van der Waals surface area (Å²) in [6.45, 7) is 2.92. The van der Waals surface area contributed by atoms with Crippen LogP contribution in [0.2, 0.25) is 0 Å². The fourth-order valence-electron chi connectivity index (χ4n) is 3.76. The van der Waals surface area contributed by atoms with Crippen molar-refractivity contribution in [1.29, 1.82) is 0 Å². The van der Waals surface area contributed by atoms with Crippen molar-refractivity contribution in [3.8, 4) is 5.75 Å². The Labute approximate surface area is 115 Å². The van der Waals surface area contributed by atoms with Crippen LogP contribution in [0.15, 0.2) is 18.2 Å². The van der Waals surface area contributed by atoms with E-state index in [1.807, 2.05) is 12.1 Å². The van der Waals surface area contributed by atoms with Crippen LogP contribution in [0.1, 0.15) is 44.1 Å². The SMILES string of the molecule is NCC1(c2cc(N3CCCC3)ccc2O)CCCC1. The van der Waals surface area contributed by atoms with Crippen LogP contribution in [0.25, 0.3) is 0 Å². The third-order valence-corrected chi connectivity index (χ3v) is 4.97. The molecule has 0 bridgehead atoms. The Bertz CT molecular complexity index is 446. The number of benzene rings is 1. The van der Waals surface area contributed by atoms with E-state index in [4.69, 9.17) is 5.73 Å². The minimum absolute atomic E-state index is 0.0137. The molecule has 0 atom stereocenters. The number of hydrogen-bond acceptors (Lipinski definition) is 3. The number of phenols is 1. The van der Waals surface area contributed by atoms with E-state index in [0.29, 0.717) is 12.3 Å². The van der Waals surface area contributed by atoms with Crippen LogP contribution in [0.5, 0.6) is 5.75 Å². The van der Waals surface area contributed by atoms with E-state index in [1.165, 1.54) is 31.4 Å². The number of rotatable bonds is 3. The summed E-state index contributed by atoms with van der Waals surface area (Å²) >= 11 is 0. The van der Waals surface area contributed by atoms with Crippen molar-refractivity contribution in [2.75, 3.05) is 24.5 Å². The fraction of sp³-hybridized carbons (Fsp3) is 0.625. The first kappa shape index (κ1) is 12.8. The minimum Gasteiger partial charge on any atom is -0.508 e. The van der Waals surface area contributed by atoms with Crippen LogP contribution in [-0.2, 0) is 5.41 Å². The number of phenolic OH excluding ortho intramolecular Hbond substituents is 1. The lowest BCUT2D eigenvalue weighted by atomic mass is 9.78. The third-order valence-electron chi connectivity index (χ3n) is 4.97. The molecule has 1 heterocycles. The lowest BCUT2D eigenvalue weighted by Crippen LogP contribution is -2.32. The Morgan fingerprint density at radius 2 is 1.79 bits per heavy atom. The van der Waals surface area contributed by atoms with Crippen molar-refractivity contribution in [2.45, 2.75) is 43.9 Å². The molecule has 1 aromatic rings. The van der Waals surface area contributed by atoms with Gasteiger partial charge in [0.2, 0.25) is 0 Å².